The lowest BCUT2D eigenvalue weighted by molar-refractivity contribution is 0.466. The first kappa shape index (κ1) is 10.5. The first-order valence-corrected chi connectivity index (χ1v) is 5.61. The Hall–Kier alpha value is -1.02. The molecule has 0 radical (unpaired) electrons. The molecule has 1 aromatic rings. The highest BCUT2D eigenvalue weighted by Crippen LogP contribution is 2.31. The van der Waals surface area contributed by atoms with Crippen LogP contribution in [0.1, 0.15) is 36.1 Å². The van der Waals surface area contributed by atoms with E-state index in [0.717, 1.165) is 23.6 Å². The quantitative estimate of drug-likeness (QED) is 0.738. The van der Waals surface area contributed by atoms with Gasteiger partial charge in [0.2, 0.25) is 0 Å². The van der Waals surface area contributed by atoms with Gasteiger partial charge in [-0.05, 0) is 49.4 Å². The monoisotopic (exact) mass is 205 g/mol. The second kappa shape index (κ2) is 3.86. The van der Waals surface area contributed by atoms with E-state index >= 15 is 0 Å². The van der Waals surface area contributed by atoms with E-state index in [2.05, 4.69) is 24.4 Å². The summed E-state index contributed by atoms with van der Waals surface area (Å²) in [5.41, 5.74) is 3.27. The molecule has 0 spiro atoms. The van der Waals surface area contributed by atoms with Gasteiger partial charge >= 0.3 is 0 Å². The van der Waals surface area contributed by atoms with Crippen LogP contribution in [0.4, 0.5) is 0 Å². The molecule has 0 aromatic heterocycles. The number of aromatic hydroxyl groups is 1. The number of hydrogen-bond donors (Lipinski definition) is 2. The molecule has 0 aliphatic carbocycles. The van der Waals surface area contributed by atoms with Gasteiger partial charge in [-0.25, -0.2) is 0 Å². The predicted molar refractivity (Wildman–Crippen MR) is 62.1 cm³/mol. The molecule has 0 unspecified atom stereocenters. The van der Waals surface area contributed by atoms with Gasteiger partial charge < -0.3 is 10.4 Å². The molecule has 0 saturated carbocycles. The molecule has 2 nitrogen and oxygen atoms in total. The minimum Gasteiger partial charge on any atom is -0.507 e. The zero-order valence-electron chi connectivity index (χ0n) is 9.67. The number of hydrogen-bond acceptors (Lipinski definition) is 2. The summed E-state index contributed by atoms with van der Waals surface area (Å²) in [7, 11) is 0. The van der Waals surface area contributed by atoms with Gasteiger partial charge in [-0.2, -0.15) is 0 Å². The molecule has 82 valence electrons. The van der Waals surface area contributed by atoms with Gasteiger partial charge in [-0.3, -0.25) is 0 Å². The highest BCUT2D eigenvalue weighted by molar-refractivity contribution is 5.43. The van der Waals surface area contributed by atoms with Gasteiger partial charge in [0, 0.05) is 6.04 Å². The van der Waals surface area contributed by atoms with E-state index in [1.165, 1.54) is 12.0 Å². The van der Waals surface area contributed by atoms with Crippen LogP contribution < -0.4 is 5.32 Å². The van der Waals surface area contributed by atoms with E-state index < -0.39 is 0 Å². The van der Waals surface area contributed by atoms with Gasteiger partial charge in [-0.1, -0.05) is 19.1 Å². The number of phenolic OH excluding ortho intramolecular Hbond substituents is 1. The van der Waals surface area contributed by atoms with Crippen LogP contribution in [0.2, 0.25) is 0 Å². The third-order valence-electron chi connectivity index (χ3n) is 3.27. The fraction of sp³-hybridized carbons (Fsp3) is 0.538. The first-order valence-electron chi connectivity index (χ1n) is 5.61. The van der Waals surface area contributed by atoms with E-state index in [1.54, 1.807) is 0 Å². The van der Waals surface area contributed by atoms with E-state index in [9.17, 15) is 5.11 Å². The van der Waals surface area contributed by atoms with Crippen LogP contribution in [-0.4, -0.2) is 11.7 Å². The lowest BCUT2D eigenvalue weighted by Gasteiger charge is -2.14. The van der Waals surface area contributed by atoms with Crippen molar-refractivity contribution in [3.8, 4) is 5.75 Å². The van der Waals surface area contributed by atoms with Crippen molar-refractivity contribution in [3.63, 3.8) is 0 Å². The number of benzene rings is 1. The summed E-state index contributed by atoms with van der Waals surface area (Å²) in [5.74, 6) is 1.19. The van der Waals surface area contributed by atoms with Crippen molar-refractivity contribution in [2.75, 3.05) is 6.54 Å². The highest BCUT2D eigenvalue weighted by atomic mass is 16.3. The molecule has 1 aliphatic rings. The minimum absolute atomic E-state index is 0.435. The Bertz CT molecular complexity index is 350. The number of phenols is 1. The molecule has 1 heterocycles. The maximum absolute atomic E-state index is 9.71. The van der Waals surface area contributed by atoms with Crippen molar-refractivity contribution < 1.29 is 5.11 Å². The van der Waals surface area contributed by atoms with Crippen LogP contribution >= 0.6 is 0 Å². The number of rotatable bonds is 1. The summed E-state index contributed by atoms with van der Waals surface area (Å²) in [5, 5.41) is 13.2. The second-order valence-electron chi connectivity index (χ2n) is 4.81. The Morgan fingerprint density at radius 2 is 1.87 bits per heavy atom. The summed E-state index contributed by atoms with van der Waals surface area (Å²) < 4.78 is 0. The smallest absolute Gasteiger partial charge is 0.121 e. The molecule has 1 fully saturated rings. The van der Waals surface area contributed by atoms with Crippen molar-refractivity contribution in [3.05, 3.63) is 28.8 Å². The fourth-order valence-electron chi connectivity index (χ4n) is 2.36. The Labute approximate surface area is 91.3 Å². The average molecular weight is 205 g/mol. The van der Waals surface area contributed by atoms with Gasteiger partial charge in [0.15, 0.2) is 0 Å². The van der Waals surface area contributed by atoms with Gasteiger partial charge in [0.1, 0.15) is 5.75 Å². The molecular formula is C13H19NO. The summed E-state index contributed by atoms with van der Waals surface area (Å²) in [6.07, 6.45) is 1.20. The summed E-state index contributed by atoms with van der Waals surface area (Å²) >= 11 is 0. The Morgan fingerprint density at radius 3 is 2.33 bits per heavy atom. The molecule has 2 rings (SSSR count). The molecule has 2 atom stereocenters. The standard InChI is InChI=1S/C13H19NO/c1-8-4-12(14-7-8)11-5-9(2)13(15)10(3)6-11/h5-6,8,12,14-15H,4,7H2,1-3H3/t8-,12-/m1/s1. The number of aryl methyl sites for hydroxylation is 2. The van der Waals surface area contributed by atoms with E-state index in [-0.39, 0.29) is 0 Å². The Kier molecular flexibility index (Phi) is 2.70. The van der Waals surface area contributed by atoms with Gasteiger partial charge in [-0.15, -0.1) is 0 Å². The Balaban J connectivity index is 2.29. The van der Waals surface area contributed by atoms with Crippen molar-refractivity contribution in [2.24, 2.45) is 5.92 Å². The van der Waals surface area contributed by atoms with Crippen molar-refractivity contribution in [1.82, 2.24) is 5.32 Å². The Morgan fingerprint density at radius 1 is 1.27 bits per heavy atom. The molecule has 0 bridgehead atoms. The zero-order chi connectivity index (χ0) is 11.0. The van der Waals surface area contributed by atoms with Gasteiger partial charge in [0.05, 0.1) is 0 Å². The second-order valence-corrected chi connectivity index (χ2v) is 4.81. The third-order valence-corrected chi connectivity index (χ3v) is 3.27. The van der Waals surface area contributed by atoms with Crippen LogP contribution in [0.5, 0.6) is 5.75 Å². The first-order chi connectivity index (χ1) is 7.08. The largest absolute Gasteiger partial charge is 0.507 e. The minimum atomic E-state index is 0.435. The van der Waals surface area contributed by atoms with E-state index in [4.69, 9.17) is 0 Å². The summed E-state index contributed by atoms with van der Waals surface area (Å²) in [6, 6.07) is 4.66. The molecule has 2 N–H and O–H groups in total. The van der Waals surface area contributed by atoms with E-state index in [0.29, 0.717) is 11.8 Å². The average Bonchev–Trinajstić information content (AvgIpc) is 2.60. The normalized spacial score (nSPS) is 25.8. The molecule has 0 amide bonds. The fourth-order valence-corrected chi connectivity index (χ4v) is 2.36. The van der Waals surface area contributed by atoms with Crippen LogP contribution in [-0.2, 0) is 0 Å². The van der Waals surface area contributed by atoms with Crippen molar-refractivity contribution >= 4 is 0 Å². The van der Waals surface area contributed by atoms with Crippen molar-refractivity contribution in [1.29, 1.82) is 0 Å². The summed E-state index contributed by atoms with van der Waals surface area (Å²) in [4.78, 5) is 0. The molecule has 1 aliphatic heterocycles. The maximum Gasteiger partial charge on any atom is 0.121 e. The lowest BCUT2D eigenvalue weighted by Crippen LogP contribution is -2.13. The van der Waals surface area contributed by atoms with Crippen LogP contribution in [0.15, 0.2) is 12.1 Å². The molecule has 2 heteroatoms. The highest BCUT2D eigenvalue weighted by Gasteiger charge is 2.22. The molecular weight excluding hydrogens is 186 g/mol. The van der Waals surface area contributed by atoms with Crippen LogP contribution in [0, 0.1) is 19.8 Å². The third kappa shape index (κ3) is 2.00. The summed E-state index contributed by atoms with van der Waals surface area (Å²) in [6.45, 7) is 7.30. The molecule has 15 heavy (non-hydrogen) atoms. The van der Waals surface area contributed by atoms with E-state index in [1.807, 2.05) is 13.8 Å². The van der Waals surface area contributed by atoms with Gasteiger partial charge in [0.25, 0.3) is 0 Å². The van der Waals surface area contributed by atoms with Crippen LogP contribution in [0.25, 0.3) is 0 Å². The van der Waals surface area contributed by atoms with Crippen LogP contribution in [0.3, 0.4) is 0 Å². The lowest BCUT2D eigenvalue weighted by atomic mass is 9.97. The SMILES string of the molecule is Cc1cc([C@H]2C[C@@H](C)CN2)cc(C)c1O. The predicted octanol–water partition coefficient (Wildman–Crippen LogP) is 2.68. The topological polar surface area (TPSA) is 32.3 Å². The molecule has 1 aromatic carbocycles. The zero-order valence-corrected chi connectivity index (χ0v) is 9.67. The molecule has 1 saturated heterocycles. The number of nitrogens with one attached hydrogen (secondary N) is 1. The van der Waals surface area contributed by atoms with Crippen molar-refractivity contribution in [2.45, 2.75) is 33.2 Å². The maximum atomic E-state index is 9.71.